The first kappa shape index (κ1) is 27.4. The molecule has 4 rings (SSSR count). The first-order valence-electron chi connectivity index (χ1n) is 11.5. The van der Waals surface area contributed by atoms with Gasteiger partial charge in [0.15, 0.2) is 0 Å². The summed E-state index contributed by atoms with van der Waals surface area (Å²) < 4.78 is 33.7. The lowest BCUT2D eigenvalue weighted by Crippen LogP contribution is -2.48. The Kier molecular flexibility index (Phi) is 7.63. The lowest BCUT2D eigenvalue weighted by molar-refractivity contribution is -0.148. The van der Waals surface area contributed by atoms with E-state index in [1.165, 1.54) is 18.1 Å². The standard InChI is InChI=1S/C24H27ClN6O6S/c1-30(2)22-17(25)10-15(12-28-22)38(35,36)29-18-5-7-31(23(18)32)19(24(33)34)9-14-8-13-4-6-27-21(26)16(13)11-20(14)37-3/h4,6,8,10-12,18-19,29H,5,7,9H2,1-3H3,(H2,26,27)(H,33,34). The highest BCUT2D eigenvalue weighted by Crippen LogP contribution is 2.31. The van der Waals surface area contributed by atoms with Gasteiger partial charge < -0.3 is 25.4 Å². The molecule has 0 spiro atoms. The van der Waals surface area contributed by atoms with E-state index in [2.05, 4.69) is 14.7 Å². The highest BCUT2D eigenvalue weighted by atomic mass is 35.5. The third-order valence-electron chi connectivity index (χ3n) is 6.34. The van der Waals surface area contributed by atoms with Crippen molar-refractivity contribution in [3.05, 3.63) is 47.2 Å². The largest absolute Gasteiger partial charge is 0.496 e. The molecule has 1 saturated heterocycles. The number of carboxylic acid groups (broad SMARTS) is 1. The van der Waals surface area contributed by atoms with Gasteiger partial charge in [0.1, 0.15) is 34.4 Å². The molecule has 4 N–H and O–H groups in total. The second-order valence-electron chi connectivity index (χ2n) is 9.00. The number of anilines is 2. The second-order valence-corrected chi connectivity index (χ2v) is 11.1. The summed E-state index contributed by atoms with van der Waals surface area (Å²) in [5.41, 5.74) is 6.50. The molecule has 0 radical (unpaired) electrons. The highest BCUT2D eigenvalue weighted by Gasteiger charge is 2.41. The number of aromatic nitrogens is 2. The van der Waals surface area contributed by atoms with E-state index < -0.39 is 34.0 Å². The van der Waals surface area contributed by atoms with Crippen molar-refractivity contribution in [1.29, 1.82) is 0 Å². The normalized spacial score (nSPS) is 16.6. The molecule has 3 heterocycles. The van der Waals surface area contributed by atoms with Crippen molar-refractivity contribution in [1.82, 2.24) is 19.6 Å². The van der Waals surface area contributed by atoms with E-state index >= 15 is 0 Å². The van der Waals surface area contributed by atoms with Crippen LogP contribution in [0.4, 0.5) is 11.6 Å². The van der Waals surface area contributed by atoms with Crippen molar-refractivity contribution in [2.75, 3.05) is 38.4 Å². The number of carboxylic acids is 1. The van der Waals surface area contributed by atoms with Crippen molar-refractivity contribution in [2.24, 2.45) is 0 Å². The van der Waals surface area contributed by atoms with Crippen LogP contribution in [0.15, 0.2) is 41.6 Å². The Bertz CT molecular complexity index is 1520. The van der Waals surface area contributed by atoms with E-state index in [-0.39, 0.29) is 29.3 Å². The Balaban J connectivity index is 1.56. The average molecular weight is 563 g/mol. The Morgan fingerprint density at radius 1 is 1.34 bits per heavy atom. The predicted molar refractivity (Wildman–Crippen MR) is 142 cm³/mol. The second kappa shape index (κ2) is 10.6. The summed E-state index contributed by atoms with van der Waals surface area (Å²) in [4.78, 5) is 36.2. The number of pyridine rings is 2. The van der Waals surface area contributed by atoms with Crippen molar-refractivity contribution >= 4 is 55.9 Å². The lowest BCUT2D eigenvalue weighted by Gasteiger charge is -2.25. The SMILES string of the molecule is COc1cc2c(N)nccc2cc1CC(C(=O)O)N1CCC(NS(=O)(=O)c2cnc(N(C)C)c(Cl)c2)C1=O. The molecule has 1 aliphatic heterocycles. The summed E-state index contributed by atoms with van der Waals surface area (Å²) in [5, 5.41) is 11.5. The Morgan fingerprint density at radius 2 is 2.08 bits per heavy atom. The number of hydrogen-bond donors (Lipinski definition) is 3. The number of fused-ring (bicyclic) bond motifs is 1. The molecule has 3 aromatic rings. The van der Waals surface area contributed by atoms with Crippen LogP contribution in [-0.4, -0.2) is 80.1 Å². The maximum Gasteiger partial charge on any atom is 0.326 e. The Labute approximate surface area is 224 Å². The zero-order valence-electron chi connectivity index (χ0n) is 20.9. The minimum atomic E-state index is -4.16. The van der Waals surface area contributed by atoms with E-state index in [4.69, 9.17) is 22.1 Å². The molecule has 1 aromatic carbocycles. The first-order valence-corrected chi connectivity index (χ1v) is 13.4. The zero-order chi connectivity index (χ0) is 27.8. The van der Waals surface area contributed by atoms with E-state index in [1.54, 1.807) is 43.4 Å². The van der Waals surface area contributed by atoms with Crippen molar-refractivity contribution in [3.63, 3.8) is 0 Å². The van der Waals surface area contributed by atoms with Crippen LogP contribution in [-0.2, 0) is 26.0 Å². The topological polar surface area (TPSA) is 168 Å². The number of amides is 1. The van der Waals surface area contributed by atoms with Crippen LogP contribution in [0.2, 0.25) is 5.02 Å². The van der Waals surface area contributed by atoms with Crippen LogP contribution in [0.5, 0.6) is 5.75 Å². The minimum Gasteiger partial charge on any atom is -0.496 e. The Hall–Kier alpha value is -3.68. The summed E-state index contributed by atoms with van der Waals surface area (Å²) in [6.45, 7) is 0.0499. The number of ether oxygens (including phenoxy) is 1. The van der Waals surface area contributed by atoms with Gasteiger partial charge in [-0.25, -0.2) is 23.2 Å². The molecule has 2 unspecified atom stereocenters. The fraction of sp³-hybridized carbons (Fsp3) is 0.333. The molecule has 0 saturated carbocycles. The molecule has 0 bridgehead atoms. The van der Waals surface area contributed by atoms with Gasteiger partial charge in [-0.15, -0.1) is 0 Å². The van der Waals surface area contributed by atoms with Gasteiger partial charge in [-0.05, 0) is 41.6 Å². The summed E-state index contributed by atoms with van der Waals surface area (Å²) in [5.74, 6) is -0.773. The molecule has 14 heteroatoms. The van der Waals surface area contributed by atoms with Gasteiger partial charge in [0.05, 0.1) is 12.1 Å². The number of hydrogen-bond acceptors (Lipinski definition) is 9. The number of rotatable bonds is 9. The van der Waals surface area contributed by atoms with Crippen molar-refractivity contribution in [3.8, 4) is 5.75 Å². The van der Waals surface area contributed by atoms with Gasteiger partial charge in [-0.1, -0.05) is 11.6 Å². The number of nitrogens with two attached hydrogens (primary N) is 1. The molecular formula is C24H27ClN6O6S. The third-order valence-corrected chi connectivity index (χ3v) is 8.06. The van der Waals surface area contributed by atoms with Crippen LogP contribution in [0.25, 0.3) is 10.8 Å². The molecular weight excluding hydrogens is 536 g/mol. The quantitative estimate of drug-likeness (QED) is 0.347. The van der Waals surface area contributed by atoms with Crippen LogP contribution in [0, 0.1) is 0 Å². The van der Waals surface area contributed by atoms with E-state index in [0.717, 1.165) is 11.6 Å². The number of nitrogens with zero attached hydrogens (tertiary/aromatic N) is 4. The van der Waals surface area contributed by atoms with E-state index in [1.807, 2.05) is 0 Å². The predicted octanol–water partition coefficient (Wildman–Crippen LogP) is 1.52. The lowest BCUT2D eigenvalue weighted by atomic mass is 10.00. The van der Waals surface area contributed by atoms with Crippen LogP contribution in [0.3, 0.4) is 0 Å². The number of benzene rings is 1. The summed E-state index contributed by atoms with van der Waals surface area (Å²) in [7, 11) is 0.720. The smallest absolute Gasteiger partial charge is 0.326 e. The fourth-order valence-corrected chi connectivity index (χ4v) is 6.02. The maximum atomic E-state index is 13.2. The van der Waals surface area contributed by atoms with E-state index in [9.17, 15) is 23.1 Å². The van der Waals surface area contributed by atoms with E-state index in [0.29, 0.717) is 28.3 Å². The maximum absolute atomic E-state index is 13.2. The number of methoxy groups -OCH3 is 1. The number of nitrogen functional groups attached to an aromatic ring is 1. The van der Waals surface area contributed by atoms with Crippen molar-refractivity contribution in [2.45, 2.75) is 29.8 Å². The molecule has 202 valence electrons. The van der Waals surface area contributed by atoms with Gasteiger partial charge in [0, 0.05) is 44.8 Å². The number of sulfonamides is 1. The summed E-state index contributed by atoms with van der Waals surface area (Å²) in [6, 6.07) is 4.02. The van der Waals surface area contributed by atoms with Gasteiger partial charge in [0.25, 0.3) is 0 Å². The van der Waals surface area contributed by atoms with Crippen molar-refractivity contribution < 1.29 is 27.9 Å². The van der Waals surface area contributed by atoms with Crippen LogP contribution in [0.1, 0.15) is 12.0 Å². The van der Waals surface area contributed by atoms with Crippen LogP contribution < -0.4 is 20.1 Å². The Morgan fingerprint density at radius 3 is 2.71 bits per heavy atom. The third kappa shape index (κ3) is 5.30. The molecule has 12 nitrogen and oxygen atoms in total. The average Bonchev–Trinajstić information content (AvgIpc) is 3.20. The number of carbonyl (C=O) groups is 2. The van der Waals surface area contributed by atoms with Gasteiger partial charge in [0.2, 0.25) is 15.9 Å². The first-order chi connectivity index (χ1) is 17.9. The molecule has 1 amide bonds. The van der Waals surface area contributed by atoms with Gasteiger partial charge in [-0.2, -0.15) is 4.72 Å². The molecule has 2 aromatic heterocycles. The number of aliphatic carboxylic acids is 1. The zero-order valence-corrected chi connectivity index (χ0v) is 22.5. The summed E-state index contributed by atoms with van der Waals surface area (Å²) in [6.07, 6.45) is 2.72. The molecule has 0 aliphatic carbocycles. The highest BCUT2D eigenvalue weighted by molar-refractivity contribution is 7.89. The molecule has 1 aliphatic rings. The molecule has 1 fully saturated rings. The molecule has 38 heavy (non-hydrogen) atoms. The number of carbonyl (C=O) groups excluding carboxylic acids is 1. The fourth-order valence-electron chi connectivity index (χ4n) is 4.42. The van der Waals surface area contributed by atoms with Crippen LogP contribution >= 0.6 is 11.6 Å². The monoisotopic (exact) mass is 562 g/mol. The number of likely N-dealkylation sites (tertiary alicyclic amines) is 1. The molecule has 2 atom stereocenters. The number of halogens is 1. The minimum absolute atomic E-state index is 0.0499. The van der Waals surface area contributed by atoms with Gasteiger partial charge >= 0.3 is 5.97 Å². The number of nitrogens with one attached hydrogen (secondary N) is 1. The van der Waals surface area contributed by atoms with Gasteiger partial charge in [-0.3, -0.25) is 4.79 Å². The summed E-state index contributed by atoms with van der Waals surface area (Å²) >= 11 is 6.16.